The third-order valence-electron chi connectivity index (χ3n) is 9.44. The van der Waals surface area contributed by atoms with Gasteiger partial charge in [0.25, 0.3) is 0 Å². The van der Waals surface area contributed by atoms with Crippen LogP contribution in [0.3, 0.4) is 0 Å². The maximum Gasteiger partial charge on any atom is 0.171 e. The number of rotatable bonds is 3. The van der Waals surface area contributed by atoms with Gasteiger partial charge in [0, 0.05) is 39.8 Å². The average molecular weight is 526 g/mol. The Morgan fingerprint density at radius 2 is 1.74 bits per heavy atom. The minimum Gasteiger partial charge on any atom is -0.390 e. The molecular weight excluding hydrogens is 493 g/mol. The average Bonchev–Trinajstić information content (AvgIpc) is 3.45. The van der Waals surface area contributed by atoms with Crippen molar-refractivity contribution in [1.82, 2.24) is 15.0 Å². The summed E-state index contributed by atoms with van der Waals surface area (Å²) in [6.07, 6.45) is 3.36. The van der Waals surface area contributed by atoms with E-state index in [4.69, 9.17) is 19.4 Å². The molecule has 39 heavy (non-hydrogen) atoms. The Morgan fingerprint density at radius 1 is 0.974 bits per heavy atom. The third kappa shape index (κ3) is 3.74. The Hall–Kier alpha value is -3.26. The van der Waals surface area contributed by atoms with E-state index in [0.717, 1.165) is 53.4 Å². The van der Waals surface area contributed by atoms with Crippen LogP contribution in [0, 0.1) is 17.7 Å². The van der Waals surface area contributed by atoms with Crippen LogP contribution in [0.1, 0.15) is 50.1 Å². The van der Waals surface area contributed by atoms with Crippen molar-refractivity contribution in [3.8, 4) is 22.6 Å². The first-order chi connectivity index (χ1) is 18.9. The van der Waals surface area contributed by atoms with Gasteiger partial charge < -0.3 is 14.6 Å². The molecule has 1 N–H and O–H groups in total. The second-order valence-corrected chi connectivity index (χ2v) is 11.4. The zero-order valence-electron chi connectivity index (χ0n) is 22.3. The van der Waals surface area contributed by atoms with Gasteiger partial charge in [-0.25, -0.2) is 14.4 Å². The van der Waals surface area contributed by atoms with Crippen molar-refractivity contribution >= 4 is 10.9 Å². The Morgan fingerprint density at radius 3 is 2.54 bits per heavy atom. The summed E-state index contributed by atoms with van der Waals surface area (Å²) in [6, 6.07) is 16.5. The normalized spacial score (nSPS) is 25.5. The van der Waals surface area contributed by atoms with Crippen LogP contribution >= 0.6 is 0 Å². The SMILES string of the molecule is C[C@@H]1[C@H]2CCc3c(-c4ccccc4F)nc(-c4cc(CO)nc5ccccc45)nc3[C@]2(C)CCC12OCCO2. The Bertz CT molecular complexity index is 1580. The lowest BCUT2D eigenvalue weighted by atomic mass is 9.54. The van der Waals surface area contributed by atoms with E-state index in [9.17, 15) is 5.11 Å². The number of nitrogens with zero attached hydrogens (tertiary/aromatic N) is 3. The molecule has 2 aliphatic carbocycles. The van der Waals surface area contributed by atoms with Crippen LogP contribution in [0.5, 0.6) is 0 Å². The Labute approximate surface area is 227 Å². The minimum atomic E-state index is -0.525. The molecule has 2 aromatic carbocycles. The number of aromatic nitrogens is 3. The van der Waals surface area contributed by atoms with Crippen LogP contribution in [0.4, 0.5) is 4.39 Å². The first kappa shape index (κ1) is 24.8. The van der Waals surface area contributed by atoms with E-state index < -0.39 is 5.79 Å². The summed E-state index contributed by atoms with van der Waals surface area (Å²) < 4.78 is 27.7. The number of aliphatic hydroxyl groups excluding tert-OH is 1. The molecular formula is C32H32FN3O3. The highest BCUT2D eigenvalue weighted by molar-refractivity contribution is 5.93. The van der Waals surface area contributed by atoms with Gasteiger partial charge in [0.05, 0.1) is 42.4 Å². The minimum absolute atomic E-state index is 0.192. The van der Waals surface area contributed by atoms with Crippen LogP contribution in [0.25, 0.3) is 33.5 Å². The van der Waals surface area contributed by atoms with Crippen LogP contribution in [0.15, 0.2) is 54.6 Å². The molecule has 0 radical (unpaired) electrons. The number of fused-ring (bicyclic) bond motifs is 4. The lowest BCUT2D eigenvalue weighted by Crippen LogP contribution is -2.55. The van der Waals surface area contributed by atoms with Crippen LogP contribution < -0.4 is 0 Å². The van der Waals surface area contributed by atoms with Gasteiger partial charge in [-0.1, -0.05) is 44.2 Å². The molecule has 1 saturated carbocycles. The van der Waals surface area contributed by atoms with Gasteiger partial charge in [-0.05, 0) is 49.4 Å². The monoisotopic (exact) mass is 525 g/mol. The van der Waals surface area contributed by atoms with Crippen molar-refractivity contribution in [3.63, 3.8) is 0 Å². The maximum atomic E-state index is 15.3. The third-order valence-corrected chi connectivity index (χ3v) is 9.44. The number of halogens is 1. The van der Waals surface area contributed by atoms with Gasteiger partial charge in [-0.3, -0.25) is 4.98 Å². The fraction of sp³-hybridized carbons (Fsp3) is 0.406. The molecule has 0 amide bonds. The van der Waals surface area contributed by atoms with Crippen molar-refractivity contribution in [2.45, 2.75) is 57.3 Å². The highest BCUT2D eigenvalue weighted by Gasteiger charge is 2.57. The first-order valence-corrected chi connectivity index (χ1v) is 13.9. The summed E-state index contributed by atoms with van der Waals surface area (Å²) in [5.41, 5.74) is 5.02. The van der Waals surface area contributed by atoms with Gasteiger partial charge in [-0.15, -0.1) is 0 Å². The van der Waals surface area contributed by atoms with Crippen molar-refractivity contribution in [2.24, 2.45) is 11.8 Å². The fourth-order valence-electron chi connectivity index (χ4n) is 7.43. The predicted molar refractivity (Wildman–Crippen MR) is 146 cm³/mol. The summed E-state index contributed by atoms with van der Waals surface area (Å²) in [4.78, 5) is 15.0. The fourth-order valence-corrected chi connectivity index (χ4v) is 7.43. The maximum absolute atomic E-state index is 15.3. The van der Waals surface area contributed by atoms with E-state index in [1.807, 2.05) is 36.4 Å². The van der Waals surface area contributed by atoms with E-state index >= 15 is 4.39 Å². The van der Waals surface area contributed by atoms with Crippen LogP contribution in [-0.4, -0.2) is 39.1 Å². The molecule has 2 aromatic heterocycles. The Balaban J connectivity index is 1.48. The molecule has 7 heteroatoms. The van der Waals surface area contributed by atoms with Gasteiger partial charge >= 0.3 is 0 Å². The zero-order valence-corrected chi connectivity index (χ0v) is 22.3. The predicted octanol–water partition coefficient (Wildman–Crippen LogP) is 5.98. The summed E-state index contributed by atoms with van der Waals surface area (Å²) in [6.45, 7) is 5.64. The lowest BCUT2D eigenvalue weighted by Gasteiger charge is -2.54. The second kappa shape index (κ2) is 9.15. The quantitative estimate of drug-likeness (QED) is 0.354. The highest BCUT2D eigenvalue weighted by Crippen LogP contribution is 2.57. The number of pyridine rings is 1. The van der Waals surface area contributed by atoms with Gasteiger partial charge in [0.15, 0.2) is 11.6 Å². The molecule has 1 aliphatic heterocycles. The van der Waals surface area contributed by atoms with Crippen molar-refractivity contribution < 1.29 is 19.0 Å². The van der Waals surface area contributed by atoms with E-state index in [2.05, 4.69) is 18.8 Å². The number of benzene rings is 2. The lowest BCUT2D eigenvalue weighted by molar-refractivity contribution is -0.234. The van der Waals surface area contributed by atoms with Gasteiger partial charge in [-0.2, -0.15) is 0 Å². The molecule has 6 nitrogen and oxygen atoms in total. The number of para-hydroxylation sites is 1. The van der Waals surface area contributed by atoms with Crippen LogP contribution in [0.2, 0.25) is 0 Å². The molecule has 0 bridgehead atoms. The van der Waals surface area contributed by atoms with Gasteiger partial charge in [0.1, 0.15) is 5.82 Å². The van der Waals surface area contributed by atoms with Crippen molar-refractivity contribution in [3.05, 3.63) is 77.4 Å². The molecule has 0 unspecified atom stereocenters. The second-order valence-electron chi connectivity index (χ2n) is 11.4. The standard InChI is InChI=1S/C32H32FN3O3/c1-19-25-12-11-23-28(22-8-3-5-9-26(22)33)35-30(24-17-20(18-37)34-27-10-6-4-7-21(24)27)36-29(23)31(25,2)13-14-32(19)38-15-16-39-32/h3-10,17,19,25,37H,11-16,18H2,1-2H3/t19-,25-,31-/m1/s1. The molecule has 4 aromatic rings. The molecule has 3 aliphatic rings. The Kier molecular flexibility index (Phi) is 5.81. The molecule has 1 spiro atoms. The van der Waals surface area contributed by atoms with Crippen molar-refractivity contribution in [1.29, 1.82) is 0 Å². The molecule has 3 atom stereocenters. The van der Waals surface area contributed by atoms with Crippen molar-refractivity contribution in [2.75, 3.05) is 13.2 Å². The van der Waals surface area contributed by atoms with E-state index in [0.29, 0.717) is 41.9 Å². The highest BCUT2D eigenvalue weighted by atomic mass is 19.1. The summed E-state index contributed by atoms with van der Waals surface area (Å²) in [5.74, 6) is 0.211. The number of hydrogen-bond acceptors (Lipinski definition) is 6. The summed E-state index contributed by atoms with van der Waals surface area (Å²) in [7, 11) is 0. The van der Waals surface area contributed by atoms with Crippen LogP contribution in [-0.2, 0) is 27.9 Å². The number of ether oxygens (including phenoxy) is 2. The van der Waals surface area contributed by atoms with E-state index in [-0.39, 0.29) is 23.8 Å². The number of hydrogen-bond donors (Lipinski definition) is 1. The summed E-state index contributed by atoms with van der Waals surface area (Å²) in [5, 5.41) is 10.9. The molecule has 7 rings (SSSR count). The molecule has 1 saturated heterocycles. The first-order valence-electron chi connectivity index (χ1n) is 13.9. The molecule has 3 heterocycles. The summed E-state index contributed by atoms with van der Waals surface area (Å²) >= 11 is 0. The van der Waals surface area contributed by atoms with E-state index in [1.54, 1.807) is 12.1 Å². The largest absolute Gasteiger partial charge is 0.390 e. The zero-order chi connectivity index (χ0) is 26.8. The number of aliphatic hydroxyl groups is 1. The van der Waals surface area contributed by atoms with E-state index in [1.165, 1.54) is 6.07 Å². The molecule has 2 fully saturated rings. The topological polar surface area (TPSA) is 77.4 Å². The molecule has 200 valence electrons. The van der Waals surface area contributed by atoms with Gasteiger partial charge in [0.2, 0.25) is 0 Å². The smallest absolute Gasteiger partial charge is 0.171 e.